The molecule has 3 amide bonds. The Balaban J connectivity index is 2.71. The summed E-state index contributed by atoms with van der Waals surface area (Å²) in [5.74, 6) is -1.47. The van der Waals surface area contributed by atoms with Crippen molar-refractivity contribution in [2.75, 3.05) is 0 Å². The van der Waals surface area contributed by atoms with E-state index in [1.807, 2.05) is 51.1 Å². The van der Waals surface area contributed by atoms with Gasteiger partial charge in [0.15, 0.2) is 0 Å². The maximum atomic E-state index is 14.8. The predicted molar refractivity (Wildman–Crippen MR) is 192 cm³/mol. The van der Waals surface area contributed by atoms with E-state index in [9.17, 15) is 24.3 Å². The number of ether oxygens (including phenoxy) is 2. The fourth-order valence-corrected chi connectivity index (χ4v) is 5.44. The summed E-state index contributed by atoms with van der Waals surface area (Å²) in [6, 6.07) is 11.6. The number of phenols is 1. The lowest BCUT2D eigenvalue weighted by molar-refractivity contribution is -0.159. The van der Waals surface area contributed by atoms with Crippen molar-refractivity contribution in [3.63, 3.8) is 0 Å². The first-order valence-electron chi connectivity index (χ1n) is 17.3. The molecule has 3 N–H and O–H groups in total. The van der Waals surface area contributed by atoms with Crippen LogP contribution in [0.5, 0.6) is 5.75 Å². The number of nitrogens with zero attached hydrogens (tertiary/aromatic N) is 1. The fraction of sp³-hybridized carbons (Fsp3) is 0.590. The van der Waals surface area contributed by atoms with Crippen LogP contribution in [0.3, 0.4) is 0 Å². The third-order valence-corrected chi connectivity index (χ3v) is 7.59. The predicted octanol–water partition coefficient (Wildman–Crippen LogP) is 7.10. The average Bonchev–Trinajstić information content (AvgIpc) is 2.96. The number of amides is 3. The van der Waals surface area contributed by atoms with Gasteiger partial charge in [-0.15, -0.1) is 0 Å². The van der Waals surface area contributed by atoms with Gasteiger partial charge in [-0.3, -0.25) is 9.59 Å². The van der Waals surface area contributed by atoms with E-state index >= 15 is 0 Å². The van der Waals surface area contributed by atoms with E-state index < -0.39 is 59.2 Å². The number of hydrogen-bond acceptors (Lipinski definition) is 7. The molecule has 0 aliphatic rings. The molecule has 0 spiro atoms. The Morgan fingerprint density at radius 1 is 0.755 bits per heavy atom. The zero-order valence-electron chi connectivity index (χ0n) is 31.3. The first-order chi connectivity index (χ1) is 22.7. The lowest BCUT2D eigenvalue weighted by Crippen LogP contribution is -2.57. The molecular formula is C39H59N3O7. The van der Waals surface area contributed by atoms with Gasteiger partial charge in [0.05, 0.1) is 0 Å². The average molecular weight is 682 g/mol. The summed E-state index contributed by atoms with van der Waals surface area (Å²) in [7, 11) is 0. The summed E-state index contributed by atoms with van der Waals surface area (Å²) in [6.07, 6.45) is 1.03. The van der Waals surface area contributed by atoms with Gasteiger partial charge in [0, 0.05) is 12.5 Å². The summed E-state index contributed by atoms with van der Waals surface area (Å²) < 4.78 is 11.2. The van der Waals surface area contributed by atoms with Crippen molar-refractivity contribution < 1.29 is 33.8 Å². The van der Waals surface area contributed by atoms with Gasteiger partial charge in [-0.05, 0) is 103 Å². The number of phenolic OH excluding ortho intramolecular Hbond substituents is 1. The Morgan fingerprint density at radius 3 is 1.90 bits per heavy atom. The van der Waals surface area contributed by atoms with Crippen LogP contribution >= 0.6 is 0 Å². The number of alkyl carbamates (subject to hydrolysis) is 1. The lowest BCUT2D eigenvalue weighted by Gasteiger charge is -2.39. The van der Waals surface area contributed by atoms with E-state index in [1.54, 1.807) is 53.7 Å². The van der Waals surface area contributed by atoms with Gasteiger partial charge in [-0.2, -0.15) is 0 Å². The van der Waals surface area contributed by atoms with Crippen LogP contribution in [0.15, 0.2) is 54.6 Å². The third-order valence-electron chi connectivity index (χ3n) is 7.59. The molecule has 10 heteroatoms. The lowest BCUT2D eigenvalue weighted by atomic mass is 9.95. The maximum absolute atomic E-state index is 14.8. The van der Waals surface area contributed by atoms with Crippen LogP contribution in [-0.2, 0) is 30.3 Å². The molecule has 272 valence electrons. The zero-order chi connectivity index (χ0) is 37.1. The van der Waals surface area contributed by atoms with E-state index in [4.69, 9.17) is 9.47 Å². The van der Waals surface area contributed by atoms with Crippen LogP contribution in [0.25, 0.3) is 0 Å². The van der Waals surface area contributed by atoms with Crippen molar-refractivity contribution in [2.24, 2.45) is 11.8 Å². The molecule has 2 rings (SSSR count). The molecule has 2 aromatic carbocycles. The van der Waals surface area contributed by atoms with Crippen LogP contribution in [-0.4, -0.2) is 63.2 Å². The van der Waals surface area contributed by atoms with Crippen molar-refractivity contribution in [3.05, 3.63) is 65.7 Å². The number of carbonyl (C=O) groups excluding carboxylic acids is 4. The number of nitrogens with one attached hydrogen (secondary N) is 2. The number of benzene rings is 2. The molecule has 0 aliphatic heterocycles. The molecule has 0 aromatic heterocycles. The molecule has 0 saturated heterocycles. The van der Waals surface area contributed by atoms with Crippen LogP contribution in [0.1, 0.15) is 113 Å². The number of rotatable bonds is 15. The second kappa shape index (κ2) is 18.1. The van der Waals surface area contributed by atoms with E-state index in [0.29, 0.717) is 17.9 Å². The molecule has 4 atom stereocenters. The molecule has 4 unspecified atom stereocenters. The highest BCUT2D eigenvalue weighted by Gasteiger charge is 2.40. The van der Waals surface area contributed by atoms with Crippen molar-refractivity contribution in [3.8, 4) is 5.75 Å². The van der Waals surface area contributed by atoms with E-state index in [1.165, 1.54) is 17.0 Å². The summed E-state index contributed by atoms with van der Waals surface area (Å²) in [4.78, 5) is 57.5. The van der Waals surface area contributed by atoms with Crippen molar-refractivity contribution in [1.29, 1.82) is 0 Å². The van der Waals surface area contributed by atoms with Gasteiger partial charge in [0.2, 0.25) is 11.8 Å². The van der Waals surface area contributed by atoms with Crippen LogP contribution in [0, 0.1) is 11.8 Å². The molecule has 49 heavy (non-hydrogen) atoms. The minimum absolute atomic E-state index is 0.00664. The van der Waals surface area contributed by atoms with Gasteiger partial charge in [0.25, 0.3) is 0 Å². The number of esters is 1. The summed E-state index contributed by atoms with van der Waals surface area (Å²) in [6.45, 7) is 20.4. The molecule has 0 bridgehead atoms. The molecular weight excluding hydrogens is 622 g/mol. The second-order valence-corrected chi connectivity index (χ2v) is 15.7. The fourth-order valence-electron chi connectivity index (χ4n) is 5.44. The topological polar surface area (TPSA) is 134 Å². The number of hydrogen-bond donors (Lipinski definition) is 3. The zero-order valence-corrected chi connectivity index (χ0v) is 31.3. The number of carbonyl (C=O) groups is 4. The van der Waals surface area contributed by atoms with Crippen LogP contribution < -0.4 is 10.6 Å². The molecule has 0 aliphatic carbocycles. The molecule has 0 radical (unpaired) electrons. The monoisotopic (exact) mass is 681 g/mol. The number of aromatic hydroxyl groups is 1. The summed E-state index contributed by atoms with van der Waals surface area (Å²) in [5.41, 5.74) is -0.444. The Bertz CT molecular complexity index is 1380. The maximum Gasteiger partial charge on any atom is 0.408 e. The molecule has 0 saturated carbocycles. The van der Waals surface area contributed by atoms with Gasteiger partial charge >= 0.3 is 12.1 Å². The highest BCUT2D eigenvalue weighted by molar-refractivity contribution is 5.94. The highest BCUT2D eigenvalue weighted by Crippen LogP contribution is 2.30. The minimum atomic E-state index is -1.27. The largest absolute Gasteiger partial charge is 0.508 e. The quantitative estimate of drug-likeness (QED) is 0.171. The second-order valence-electron chi connectivity index (χ2n) is 15.7. The molecule has 0 fully saturated rings. The SMILES string of the molecule is CC(C)CCC(C)N(C(=O)C(CC(C)C)NC(=O)OC(C)(C)C)C(C(=O)NC(Cc1ccccc1)C(=O)OC(C)(C)C)c1cccc(O)c1. The van der Waals surface area contributed by atoms with Gasteiger partial charge < -0.3 is 30.1 Å². The Morgan fingerprint density at radius 2 is 1.37 bits per heavy atom. The third kappa shape index (κ3) is 14.5. The highest BCUT2D eigenvalue weighted by atomic mass is 16.6. The Kier molecular flexibility index (Phi) is 15.2. The first kappa shape index (κ1) is 41.1. The van der Waals surface area contributed by atoms with E-state index in [0.717, 1.165) is 12.0 Å². The molecule has 10 nitrogen and oxygen atoms in total. The van der Waals surface area contributed by atoms with Crippen molar-refractivity contribution in [2.45, 2.75) is 137 Å². The van der Waals surface area contributed by atoms with Crippen LogP contribution in [0.4, 0.5) is 4.79 Å². The van der Waals surface area contributed by atoms with Gasteiger partial charge in [0.1, 0.15) is 35.1 Å². The minimum Gasteiger partial charge on any atom is -0.508 e. The van der Waals surface area contributed by atoms with Crippen molar-refractivity contribution >= 4 is 23.9 Å². The van der Waals surface area contributed by atoms with Gasteiger partial charge in [-0.25, -0.2) is 9.59 Å². The smallest absolute Gasteiger partial charge is 0.408 e. The molecule has 2 aromatic rings. The Labute approximate surface area is 293 Å². The van der Waals surface area contributed by atoms with Crippen LogP contribution in [0.2, 0.25) is 0 Å². The first-order valence-corrected chi connectivity index (χ1v) is 17.3. The standard InChI is InChI=1S/C39H59N3O7/c1-25(2)20-21-27(5)42(35(45)31(22-26(3)4)41-37(47)49-39(9,10)11)33(29-18-15-19-30(43)24-29)34(44)40-32(36(46)48-38(6,7)8)23-28-16-13-12-14-17-28/h12-19,24-27,31-33,43H,20-23H2,1-11H3,(H,40,44)(H,41,47). The normalized spacial score (nSPS) is 14.4. The van der Waals surface area contributed by atoms with E-state index in [2.05, 4.69) is 24.5 Å². The Hall–Kier alpha value is -4.08. The summed E-state index contributed by atoms with van der Waals surface area (Å²) in [5, 5.41) is 16.2. The summed E-state index contributed by atoms with van der Waals surface area (Å²) >= 11 is 0. The molecule has 0 heterocycles. The van der Waals surface area contributed by atoms with Crippen molar-refractivity contribution in [1.82, 2.24) is 15.5 Å². The van der Waals surface area contributed by atoms with E-state index in [-0.39, 0.29) is 24.5 Å². The van der Waals surface area contributed by atoms with Gasteiger partial charge in [-0.1, -0.05) is 70.2 Å².